The molecule has 0 radical (unpaired) electrons. The molecule has 0 spiro atoms. The van der Waals surface area contributed by atoms with Crippen LogP contribution >= 0.6 is 0 Å². The minimum atomic E-state index is -0.347. The first-order valence-corrected chi connectivity index (χ1v) is 9.06. The molecule has 0 atom stereocenters. The van der Waals surface area contributed by atoms with E-state index in [9.17, 15) is 9.59 Å². The van der Waals surface area contributed by atoms with Crippen LogP contribution in [0.2, 0.25) is 0 Å². The number of ether oxygens (including phenoxy) is 2. The Balaban J connectivity index is 0. The fourth-order valence-electron chi connectivity index (χ4n) is 1.53. The Morgan fingerprint density at radius 2 is 0.933 bits per heavy atom. The first-order chi connectivity index (χ1) is 14.2. The van der Waals surface area contributed by atoms with Gasteiger partial charge in [-0.05, 0) is 25.0 Å². The van der Waals surface area contributed by atoms with Gasteiger partial charge in [0.25, 0.3) is 0 Å². The van der Waals surface area contributed by atoms with Crippen LogP contribution < -0.4 is 0 Å². The van der Waals surface area contributed by atoms with Crippen molar-refractivity contribution in [1.29, 1.82) is 0 Å². The van der Waals surface area contributed by atoms with Gasteiger partial charge in [0, 0.05) is 11.1 Å². The lowest BCUT2D eigenvalue weighted by Crippen LogP contribution is -1.98. The lowest BCUT2D eigenvalue weighted by atomic mass is 10.2. The minimum absolute atomic E-state index is 0.347. The molecule has 0 saturated carbocycles. The molecule has 0 aliphatic carbocycles. The number of benzene rings is 2. The molecule has 30 heavy (non-hydrogen) atoms. The van der Waals surface area contributed by atoms with E-state index in [1.165, 1.54) is 25.3 Å². The molecule has 0 N–H and O–H groups in total. The summed E-state index contributed by atoms with van der Waals surface area (Å²) in [6.45, 7) is 17.2. The van der Waals surface area contributed by atoms with Crippen molar-refractivity contribution in [2.75, 3.05) is 14.2 Å². The van der Waals surface area contributed by atoms with Gasteiger partial charge in [0.15, 0.2) is 0 Å². The van der Waals surface area contributed by atoms with Crippen molar-refractivity contribution in [1.82, 2.24) is 0 Å². The Hall–Kier alpha value is -3.66. The summed E-state index contributed by atoms with van der Waals surface area (Å²) in [6, 6.07) is 20.1. The highest BCUT2D eigenvalue weighted by atomic mass is 16.5. The van der Waals surface area contributed by atoms with Crippen LogP contribution in [0.1, 0.15) is 25.0 Å². The SMILES string of the molecule is C=C(C)C(=O)OC.C=C(C)C(=O)OC.C=Cc1ccccc1.C=Cc1ccccc1. The Labute approximate surface area is 180 Å². The third-order valence-corrected chi connectivity index (χ3v) is 3.14. The summed E-state index contributed by atoms with van der Waals surface area (Å²) in [6.07, 6.45) is 3.67. The Kier molecular flexibility index (Phi) is 17.8. The average Bonchev–Trinajstić information content (AvgIpc) is 2.80. The van der Waals surface area contributed by atoms with Crippen LogP contribution in [0, 0.1) is 0 Å². The lowest BCUT2D eigenvalue weighted by Gasteiger charge is -1.91. The largest absolute Gasteiger partial charge is 0.466 e. The molecule has 2 aromatic rings. The predicted octanol–water partition coefficient (Wildman–Crippen LogP) is 6.13. The zero-order chi connectivity index (χ0) is 23.4. The van der Waals surface area contributed by atoms with Crippen molar-refractivity contribution in [2.24, 2.45) is 0 Å². The van der Waals surface area contributed by atoms with E-state index in [0.717, 1.165) is 0 Å². The zero-order valence-corrected chi connectivity index (χ0v) is 18.4. The summed E-state index contributed by atoms with van der Waals surface area (Å²) in [5.74, 6) is -0.694. The molecule has 0 bridgehead atoms. The van der Waals surface area contributed by atoms with E-state index in [1.54, 1.807) is 13.8 Å². The Morgan fingerprint density at radius 1 is 0.667 bits per heavy atom. The zero-order valence-electron chi connectivity index (χ0n) is 18.4. The highest BCUT2D eigenvalue weighted by Crippen LogP contribution is 1.98. The number of carbonyl (C=O) groups is 2. The Morgan fingerprint density at radius 3 is 1.03 bits per heavy atom. The van der Waals surface area contributed by atoms with E-state index in [0.29, 0.717) is 11.1 Å². The predicted molar refractivity (Wildman–Crippen MR) is 127 cm³/mol. The van der Waals surface area contributed by atoms with Gasteiger partial charge >= 0.3 is 11.9 Å². The van der Waals surface area contributed by atoms with Crippen molar-refractivity contribution in [3.05, 3.63) is 109 Å². The van der Waals surface area contributed by atoms with Crippen LogP contribution in [-0.2, 0) is 19.1 Å². The van der Waals surface area contributed by atoms with E-state index in [2.05, 4.69) is 35.8 Å². The van der Waals surface area contributed by atoms with Crippen LogP contribution in [0.4, 0.5) is 0 Å². The maximum Gasteiger partial charge on any atom is 0.332 e. The van der Waals surface area contributed by atoms with Gasteiger partial charge in [0.1, 0.15) is 0 Å². The van der Waals surface area contributed by atoms with Crippen molar-refractivity contribution in [2.45, 2.75) is 13.8 Å². The molecule has 0 heterocycles. The average molecular weight is 409 g/mol. The van der Waals surface area contributed by atoms with Crippen molar-refractivity contribution >= 4 is 24.1 Å². The number of esters is 2. The normalized spacial score (nSPS) is 8.13. The summed E-state index contributed by atoms with van der Waals surface area (Å²) < 4.78 is 8.55. The topological polar surface area (TPSA) is 52.6 Å². The maximum absolute atomic E-state index is 10.2. The summed E-state index contributed by atoms with van der Waals surface area (Å²) in [5, 5.41) is 0. The van der Waals surface area contributed by atoms with E-state index in [4.69, 9.17) is 0 Å². The highest BCUT2D eigenvalue weighted by Gasteiger charge is 1.96. The molecule has 4 heteroatoms. The van der Waals surface area contributed by atoms with Crippen LogP contribution in [0.15, 0.2) is 98.1 Å². The molecule has 2 rings (SSSR count). The third kappa shape index (κ3) is 16.5. The van der Waals surface area contributed by atoms with Gasteiger partial charge < -0.3 is 9.47 Å². The van der Waals surface area contributed by atoms with Gasteiger partial charge in [-0.15, -0.1) is 0 Å². The second-order valence-electron chi connectivity index (χ2n) is 5.77. The monoisotopic (exact) mass is 408 g/mol. The highest BCUT2D eigenvalue weighted by molar-refractivity contribution is 5.87. The van der Waals surface area contributed by atoms with E-state index < -0.39 is 0 Å². The fourth-order valence-corrected chi connectivity index (χ4v) is 1.53. The summed E-state index contributed by atoms with van der Waals surface area (Å²) >= 11 is 0. The van der Waals surface area contributed by atoms with E-state index in [-0.39, 0.29) is 11.9 Å². The first-order valence-electron chi connectivity index (χ1n) is 9.06. The quantitative estimate of drug-likeness (QED) is 0.451. The molecule has 0 fully saturated rings. The third-order valence-electron chi connectivity index (χ3n) is 3.14. The molecule has 160 valence electrons. The summed E-state index contributed by atoms with van der Waals surface area (Å²) in [4.78, 5) is 20.4. The van der Waals surface area contributed by atoms with Crippen molar-refractivity contribution in [3.8, 4) is 0 Å². The number of hydrogen-bond acceptors (Lipinski definition) is 4. The molecule has 0 unspecified atom stereocenters. The Bertz CT molecular complexity index is 721. The number of carbonyl (C=O) groups excluding carboxylic acids is 2. The van der Waals surface area contributed by atoms with Crippen LogP contribution in [-0.4, -0.2) is 26.2 Å². The second kappa shape index (κ2) is 18.7. The molecular formula is C26H32O4. The number of hydrogen-bond donors (Lipinski definition) is 0. The molecule has 0 saturated heterocycles. The smallest absolute Gasteiger partial charge is 0.332 e. The van der Waals surface area contributed by atoms with Gasteiger partial charge in [-0.25, -0.2) is 9.59 Å². The van der Waals surface area contributed by atoms with Gasteiger partial charge in [-0.3, -0.25) is 0 Å². The van der Waals surface area contributed by atoms with Gasteiger partial charge in [0.2, 0.25) is 0 Å². The van der Waals surface area contributed by atoms with Crippen molar-refractivity contribution in [3.63, 3.8) is 0 Å². The van der Waals surface area contributed by atoms with E-state index >= 15 is 0 Å². The molecule has 4 nitrogen and oxygen atoms in total. The molecule has 0 aliphatic rings. The molecular weight excluding hydrogens is 376 g/mol. The molecule has 2 aromatic carbocycles. The fraction of sp³-hybridized carbons (Fsp3) is 0.154. The van der Waals surface area contributed by atoms with Gasteiger partial charge in [-0.1, -0.05) is 99.1 Å². The van der Waals surface area contributed by atoms with Crippen LogP contribution in [0.25, 0.3) is 12.2 Å². The standard InChI is InChI=1S/2C8H8.2C5H8O2/c2*1-2-8-6-4-3-5-7-8;2*1-4(2)5(6)7-3/h2*2-7H,1H2;2*1H2,2-3H3. The summed E-state index contributed by atoms with van der Waals surface area (Å²) in [5.41, 5.74) is 3.21. The van der Waals surface area contributed by atoms with Crippen molar-refractivity contribution < 1.29 is 19.1 Å². The van der Waals surface area contributed by atoms with Crippen LogP contribution in [0.3, 0.4) is 0 Å². The van der Waals surface area contributed by atoms with E-state index in [1.807, 2.05) is 72.8 Å². The van der Waals surface area contributed by atoms with Gasteiger partial charge in [0.05, 0.1) is 14.2 Å². The van der Waals surface area contributed by atoms with Crippen LogP contribution in [0.5, 0.6) is 0 Å². The lowest BCUT2D eigenvalue weighted by molar-refractivity contribution is -0.136. The molecule has 0 amide bonds. The first kappa shape index (κ1) is 28.5. The van der Waals surface area contributed by atoms with Gasteiger partial charge in [-0.2, -0.15) is 0 Å². The second-order valence-corrected chi connectivity index (χ2v) is 5.77. The molecule has 0 aliphatic heterocycles. The number of methoxy groups -OCH3 is 2. The minimum Gasteiger partial charge on any atom is -0.466 e. The summed E-state index contributed by atoms with van der Waals surface area (Å²) in [7, 11) is 2.66. The maximum atomic E-state index is 10.2. The number of rotatable bonds is 4. The molecule has 0 aromatic heterocycles.